The number of nitrogens with zero attached hydrogens (tertiary/aromatic N) is 1. The number of hydrogen-bond donors (Lipinski definition) is 0. The van der Waals surface area contributed by atoms with Gasteiger partial charge in [-0.05, 0) is 39.7 Å². The third-order valence-corrected chi connectivity index (χ3v) is 3.07. The Bertz CT molecular complexity index is 482. The van der Waals surface area contributed by atoms with E-state index < -0.39 is 0 Å². The summed E-state index contributed by atoms with van der Waals surface area (Å²) in [5.41, 5.74) is 1.88. The molecule has 0 saturated carbocycles. The standard InChI is InChI=1S/C11H6Br2FN/c12-10-5-11(13)15-6-9(10)7-1-3-8(14)4-2-7/h1-6H. The number of rotatable bonds is 1. The van der Waals surface area contributed by atoms with Crippen LogP contribution in [0.2, 0.25) is 0 Å². The van der Waals surface area contributed by atoms with E-state index >= 15 is 0 Å². The van der Waals surface area contributed by atoms with Gasteiger partial charge in [-0.15, -0.1) is 0 Å². The first-order valence-corrected chi connectivity index (χ1v) is 5.82. The first kappa shape index (κ1) is 10.8. The lowest BCUT2D eigenvalue weighted by atomic mass is 10.1. The van der Waals surface area contributed by atoms with Gasteiger partial charge in [-0.1, -0.05) is 28.1 Å². The molecule has 0 amide bonds. The maximum Gasteiger partial charge on any atom is 0.123 e. The van der Waals surface area contributed by atoms with Crippen LogP contribution in [-0.2, 0) is 0 Å². The van der Waals surface area contributed by atoms with Gasteiger partial charge < -0.3 is 0 Å². The molecule has 0 saturated heterocycles. The van der Waals surface area contributed by atoms with Crippen molar-refractivity contribution < 1.29 is 4.39 Å². The molecule has 0 atom stereocenters. The molecule has 0 N–H and O–H groups in total. The Morgan fingerprint density at radius 2 is 1.73 bits per heavy atom. The van der Waals surface area contributed by atoms with Crippen LogP contribution >= 0.6 is 31.9 Å². The second-order valence-corrected chi connectivity index (χ2v) is 4.66. The second-order valence-electron chi connectivity index (χ2n) is 2.99. The van der Waals surface area contributed by atoms with Crippen LogP contribution in [0.1, 0.15) is 0 Å². The quantitative estimate of drug-likeness (QED) is 0.706. The summed E-state index contributed by atoms with van der Waals surface area (Å²) in [7, 11) is 0. The van der Waals surface area contributed by atoms with Crippen LogP contribution in [0.15, 0.2) is 45.6 Å². The number of hydrogen-bond acceptors (Lipinski definition) is 1. The maximum atomic E-state index is 12.7. The van der Waals surface area contributed by atoms with Crippen molar-refractivity contribution in [2.75, 3.05) is 0 Å². The van der Waals surface area contributed by atoms with Gasteiger partial charge in [0, 0.05) is 16.2 Å². The molecule has 0 aliphatic carbocycles. The minimum Gasteiger partial charge on any atom is -0.249 e. The minimum atomic E-state index is -0.236. The van der Waals surface area contributed by atoms with Crippen molar-refractivity contribution in [3.8, 4) is 11.1 Å². The highest BCUT2D eigenvalue weighted by atomic mass is 79.9. The molecule has 0 aliphatic rings. The van der Waals surface area contributed by atoms with E-state index in [-0.39, 0.29) is 5.82 Å². The van der Waals surface area contributed by atoms with Gasteiger partial charge in [0.1, 0.15) is 10.4 Å². The van der Waals surface area contributed by atoms with Crippen molar-refractivity contribution in [3.63, 3.8) is 0 Å². The zero-order valence-corrected chi connectivity index (χ0v) is 10.7. The van der Waals surface area contributed by atoms with Gasteiger partial charge in [0.2, 0.25) is 0 Å². The fraction of sp³-hybridized carbons (Fsp3) is 0. The second kappa shape index (κ2) is 4.41. The SMILES string of the molecule is Fc1ccc(-c2cnc(Br)cc2Br)cc1. The average molecular weight is 331 g/mol. The summed E-state index contributed by atoms with van der Waals surface area (Å²) in [6.07, 6.45) is 1.74. The normalized spacial score (nSPS) is 10.3. The highest BCUT2D eigenvalue weighted by Gasteiger charge is 2.04. The van der Waals surface area contributed by atoms with Gasteiger partial charge in [0.05, 0.1) is 0 Å². The van der Waals surface area contributed by atoms with Gasteiger partial charge in [-0.25, -0.2) is 9.37 Å². The van der Waals surface area contributed by atoms with Crippen LogP contribution in [0.4, 0.5) is 4.39 Å². The third-order valence-electron chi connectivity index (χ3n) is 1.98. The first-order valence-electron chi connectivity index (χ1n) is 4.24. The number of pyridine rings is 1. The summed E-state index contributed by atoms with van der Waals surface area (Å²) in [4.78, 5) is 4.13. The van der Waals surface area contributed by atoms with E-state index in [1.807, 2.05) is 6.07 Å². The molecule has 0 unspecified atom stereocenters. The molecule has 0 aliphatic heterocycles. The molecular weight excluding hydrogens is 325 g/mol. The van der Waals surface area contributed by atoms with Crippen molar-refractivity contribution in [2.24, 2.45) is 0 Å². The van der Waals surface area contributed by atoms with Gasteiger partial charge in [-0.2, -0.15) is 0 Å². The zero-order valence-electron chi connectivity index (χ0n) is 7.55. The fourth-order valence-electron chi connectivity index (χ4n) is 1.25. The highest BCUT2D eigenvalue weighted by Crippen LogP contribution is 2.29. The van der Waals surface area contributed by atoms with Gasteiger partial charge in [0.15, 0.2) is 0 Å². The third kappa shape index (κ3) is 2.44. The molecule has 1 nitrogen and oxygen atoms in total. The van der Waals surface area contributed by atoms with E-state index in [9.17, 15) is 4.39 Å². The van der Waals surface area contributed by atoms with Crippen LogP contribution in [0.5, 0.6) is 0 Å². The van der Waals surface area contributed by atoms with Crippen molar-refractivity contribution in [1.29, 1.82) is 0 Å². The fourth-order valence-corrected chi connectivity index (χ4v) is 2.44. The Morgan fingerprint density at radius 3 is 2.33 bits per heavy atom. The Hall–Kier alpha value is -0.740. The van der Waals surface area contributed by atoms with E-state index in [1.165, 1.54) is 12.1 Å². The predicted octanol–water partition coefficient (Wildman–Crippen LogP) is 4.41. The first-order chi connectivity index (χ1) is 7.16. The molecule has 0 fully saturated rings. The van der Waals surface area contributed by atoms with Crippen LogP contribution in [0.3, 0.4) is 0 Å². The van der Waals surface area contributed by atoms with Crippen LogP contribution in [0.25, 0.3) is 11.1 Å². The lowest BCUT2D eigenvalue weighted by Gasteiger charge is -2.04. The number of aromatic nitrogens is 1. The molecule has 1 heterocycles. The molecular formula is C11H6Br2FN. The Morgan fingerprint density at radius 1 is 1.07 bits per heavy atom. The van der Waals surface area contributed by atoms with Gasteiger partial charge in [-0.3, -0.25) is 0 Å². The van der Waals surface area contributed by atoms with E-state index in [1.54, 1.807) is 18.3 Å². The van der Waals surface area contributed by atoms with E-state index in [2.05, 4.69) is 36.8 Å². The lowest BCUT2D eigenvalue weighted by Crippen LogP contribution is -1.83. The van der Waals surface area contributed by atoms with Crippen molar-refractivity contribution >= 4 is 31.9 Å². The summed E-state index contributed by atoms with van der Waals surface area (Å²) in [5.74, 6) is -0.236. The molecule has 76 valence electrons. The van der Waals surface area contributed by atoms with E-state index in [0.29, 0.717) is 0 Å². The van der Waals surface area contributed by atoms with Crippen molar-refractivity contribution in [1.82, 2.24) is 4.98 Å². The Labute approximate surface area is 104 Å². The highest BCUT2D eigenvalue weighted by molar-refractivity contribution is 9.11. The maximum absolute atomic E-state index is 12.7. The van der Waals surface area contributed by atoms with E-state index in [0.717, 1.165) is 20.2 Å². The monoisotopic (exact) mass is 329 g/mol. The zero-order chi connectivity index (χ0) is 10.8. The lowest BCUT2D eigenvalue weighted by molar-refractivity contribution is 0.628. The summed E-state index contributed by atoms with van der Waals surface area (Å²) in [6.45, 7) is 0. The van der Waals surface area contributed by atoms with Gasteiger partial charge in [0.25, 0.3) is 0 Å². The molecule has 0 spiro atoms. The van der Waals surface area contributed by atoms with Crippen LogP contribution < -0.4 is 0 Å². The average Bonchev–Trinajstić information content (AvgIpc) is 2.20. The molecule has 0 bridgehead atoms. The Balaban J connectivity index is 2.49. The molecule has 4 heteroatoms. The van der Waals surface area contributed by atoms with Crippen molar-refractivity contribution in [3.05, 3.63) is 51.4 Å². The van der Waals surface area contributed by atoms with Crippen LogP contribution in [0, 0.1) is 5.82 Å². The summed E-state index contributed by atoms with van der Waals surface area (Å²) in [6, 6.07) is 8.18. The Kier molecular flexibility index (Phi) is 3.17. The molecule has 2 aromatic rings. The number of halogens is 3. The van der Waals surface area contributed by atoms with E-state index in [4.69, 9.17) is 0 Å². The summed E-state index contributed by atoms with van der Waals surface area (Å²) in [5, 5.41) is 0. The molecule has 15 heavy (non-hydrogen) atoms. The smallest absolute Gasteiger partial charge is 0.123 e. The molecule has 2 rings (SSSR count). The molecule has 1 aromatic carbocycles. The molecule has 0 radical (unpaired) electrons. The van der Waals surface area contributed by atoms with Crippen LogP contribution in [-0.4, -0.2) is 4.98 Å². The topological polar surface area (TPSA) is 12.9 Å². The number of benzene rings is 1. The van der Waals surface area contributed by atoms with Gasteiger partial charge >= 0.3 is 0 Å². The largest absolute Gasteiger partial charge is 0.249 e. The summed E-state index contributed by atoms with van der Waals surface area (Å²) < 4.78 is 14.4. The van der Waals surface area contributed by atoms with Crippen molar-refractivity contribution in [2.45, 2.75) is 0 Å². The summed E-state index contributed by atoms with van der Waals surface area (Å²) >= 11 is 6.72. The minimum absolute atomic E-state index is 0.236. The predicted molar refractivity (Wildman–Crippen MR) is 65.0 cm³/mol. The molecule has 1 aromatic heterocycles.